The Labute approximate surface area is 299 Å². The van der Waals surface area contributed by atoms with Gasteiger partial charge in [0.15, 0.2) is 5.92 Å². The third kappa shape index (κ3) is 25.7. The third-order valence-corrected chi connectivity index (χ3v) is 6.72. The molecule has 0 N–H and O–H groups in total. The molecule has 308 valence electrons. The number of ether oxygens (including phenoxy) is 7. The van der Waals surface area contributed by atoms with Gasteiger partial charge >= 0.3 is 45.5 Å². The van der Waals surface area contributed by atoms with Crippen LogP contribution >= 0.6 is 0 Å². The molecule has 0 amide bonds. The first-order chi connectivity index (χ1) is 23.7. The van der Waals surface area contributed by atoms with Crippen LogP contribution in [-0.2, 0) is 71.4 Å². The van der Waals surface area contributed by atoms with Crippen LogP contribution in [0.1, 0.15) is 54.4 Å². The predicted molar refractivity (Wildman–Crippen MR) is 168 cm³/mol. The van der Waals surface area contributed by atoms with Gasteiger partial charge in [-0.1, -0.05) is 0 Å². The van der Waals surface area contributed by atoms with Gasteiger partial charge in [0.1, 0.15) is 19.2 Å². The molecular weight excluding hydrogens is 746 g/mol. The highest BCUT2D eigenvalue weighted by atomic mass is 32.2. The summed E-state index contributed by atoms with van der Waals surface area (Å²) in [4.78, 5) is 53.7. The number of rotatable bonds is 14. The van der Waals surface area contributed by atoms with E-state index in [1.165, 1.54) is 14.2 Å². The summed E-state index contributed by atoms with van der Waals surface area (Å²) in [5.74, 6) is -5.45. The fraction of sp³-hybridized carbons (Fsp3) is 0.833. The lowest BCUT2D eigenvalue weighted by Gasteiger charge is -2.25. The van der Waals surface area contributed by atoms with Crippen molar-refractivity contribution >= 4 is 40.0 Å². The molecule has 0 bridgehead atoms. The van der Waals surface area contributed by atoms with Crippen molar-refractivity contribution in [2.45, 2.75) is 77.2 Å². The highest BCUT2D eigenvalue weighted by Crippen LogP contribution is 2.26. The van der Waals surface area contributed by atoms with E-state index in [4.69, 9.17) is 9.47 Å². The van der Waals surface area contributed by atoms with Crippen molar-refractivity contribution in [3.05, 3.63) is 0 Å². The van der Waals surface area contributed by atoms with E-state index in [1.54, 1.807) is 41.5 Å². The lowest BCUT2D eigenvalue weighted by molar-refractivity contribution is -0.165. The second-order valence-electron chi connectivity index (χ2n) is 12.3. The van der Waals surface area contributed by atoms with Gasteiger partial charge in [0.05, 0.1) is 79.2 Å². The van der Waals surface area contributed by atoms with Gasteiger partial charge < -0.3 is 33.2 Å². The van der Waals surface area contributed by atoms with Crippen LogP contribution in [0, 0.1) is 17.8 Å². The van der Waals surface area contributed by atoms with Gasteiger partial charge in [0.25, 0.3) is 0 Å². The SMILES string of the molecule is CC(C)(C)OC[C@H](CF)OS(=O)(=O)C(F)(F)F.COC(=O)C(C(=O)OC)[C@H](CF)COC(C)(C)C.COC(=O)CC(=O)OC.O=C1C[C@H](CF)CO1. The number of cyclic esters (lactones) is 1. The molecule has 0 aliphatic carbocycles. The molecule has 1 aliphatic heterocycles. The maximum absolute atomic E-state index is 13.0. The standard InChI is InChI=1S/C12H21FO5.C8H14F4O4S.C5H7FO2.C5H8O4/c1-12(2,3)18-7-8(6-13)9(10(14)16-4)11(15)17-5;1-7(2,3)15-5-6(4-9)16-17(13,14)8(10,11)12;6-2-4-1-5(7)8-3-4;1-8-4(6)3-5(7)9-2/h8-9H,6-7H2,1-5H3;6H,4-5H2,1-3H3;4H,1-3H2;3H2,1-2H3/t8-;6-;4-;/m101./s1. The average Bonchev–Trinajstić information content (AvgIpc) is 3.48. The van der Waals surface area contributed by atoms with Crippen LogP contribution in [0.4, 0.5) is 26.3 Å². The summed E-state index contributed by atoms with van der Waals surface area (Å²) in [5, 5.41) is 0. The van der Waals surface area contributed by atoms with Crippen LogP contribution in [0.3, 0.4) is 0 Å². The molecule has 52 heavy (non-hydrogen) atoms. The van der Waals surface area contributed by atoms with Gasteiger partial charge in [0, 0.05) is 11.8 Å². The van der Waals surface area contributed by atoms with E-state index in [-0.39, 0.29) is 37.9 Å². The summed E-state index contributed by atoms with van der Waals surface area (Å²) in [7, 11) is -1.10. The normalized spacial score (nSPS) is 15.6. The molecule has 1 saturated heterocycles. The number of alkyl halides is 6. The molecular formula is C30H50F6O15S. The molecule has 1 aliphatic rings. The number of hydrogen-bond acceptors (Lipinski definition) is 15. The fourth-order valence-corrected chi connectivity index (χ4v) is 3.50. The number of halogens is 6. The number of hydrogen-bond donors (Lipinski definition) is 0. The van der Waals surface area contributed by atoms with E-state index in [0.717, 1.165) is 14.2 Å². The summed E-state index contributed by atoms with van der Waals surface area (Å²) in [6.07, 6.45) is -1.86. The molecule has 1 heterocycles. The van der Waals surface area contributed by atoms with Crippen LogP contribution in [-0.4, -0.2) is 129 Å². The van der Waals surface area contributed by atoms with Crippen LogP contribution in [0.25, 0.3) is 0 Å². The highest BCUT2D eigenvalue weighted by Gasteiger charge is 2.48. The van der Waals surface area contributed by atoms with Crippen LogP contribution in [0.15, 0.2) is 0 Å². The largest absolute Gasteiger partial charge is 0.523 e. The van der Waals surface area contributed by atoms with E-state index in [0.29, 0.717) is 0 Å². The van der Waals surface area contributed by atoms with Crippen molar-refractivity contribution < 1.29 is 96.1 Å². The third-order valence-electron chi connectivity index (χ3n) is 5.63. The maximum atomic E-state index is 13.0. The minimum Gasteiger partial charge on any atom is -0.469 e. The molecule has 0 aromatic rings. The number of methoxy groups -OCH3 is 4. The number of esters is 5. The van der Waals surface area contributed by atoms with Gasteiger partial charge in [-0.25, -0.2) is 4.39 Å². The predicted octanol–water partition coefficient (Wildman–Crippen LogP) is 3.60. The van der Waals surface area contributed by atoms with E-state index in [1.807, 2.05) is 0 Å². The molecule has 0 radical (unpaired) electrons. The second kappa shape index (κ2) is 25.7. The summed E-state index contributed by atoms with van der Waals surface area (Å²) in [6.45, 7) is 7.07. The summed E-state index contributed by atoms with van der Waals surface area (Å²) in [6, 6.07) is 0. The monoisotopic (exact) mass is 796 g/mol. The minimum absolute atomic E-state index is 0.0606. The smallest absolute Gasteiger partial charge is 0.469 e. The summed E-state index contributed by atoms with van der Waals surface area (Å²) < 4.78 is 130. The van der Waals surface area contributed by atoms with Crippen LogP contribution in [0.5, 0.6) is 0 Å². The van der Waals surface area contributed by atoms with Crippen LogP contribution in [0.2, 0.25) is 0 Å². The van der Waals surface area contributed by atoms with E-state index >= 15 is 0 Å². The molecule has 15 nitrogen and oxygen atoms in total. The zero-order valence-corrected chi connectivity index (χ0v) is 31.6. The van der Waals surface area contributed by atoms with Crippen molar-refractivity contribution in [3.63, 3.8) is 0 Å². The molecule has 3 atom stereocenters. The van der Waals surface area contributed by atoms with E-state index in [9.17, 15) is 58.7 Å². The molecule has 0 unspecified atom stereocenters. The highest BCUT2D eigenvalue weighted by molar-refractivity contribution is 7.87. The Morgan fingerprint density at radius 2 is 1.21 bits per heavy atom. The lowest BCUT2D eigenvalue weighted by atomic mass is 9.94. The van der Waals surface area contributed by atoms with Crippen molar-refractivity contribution in [1.82, 2.24) is 0 Å². The minimum atomic E-state index is -5.80. The Morgan fingerprint density at radius 1 is 0.769 bits per heavy atom. The molecule has 22 heteroatoms. The van der Waals surface area contributed by atoms with Gasteiger partial charge in [0.2, 0.25) is 0 Å². The molecule has 1 rings (SSSR count). The molecule has 0 saturated carbocycles. The summed E-state index contributed by atoms with van der Waals surface area (Å²) >= 11 is 0. The van der Waals surface area contributed by atoms with Gasteiger partial charge in [-0.05, 0) is 41.5 Å². The quantitative estimate of drug-likeness (QED) is 0.0618. The first-order valence-electron chi connectivity index (χ1n) is 15.1. The van der Waals surface area contributed by atoms with E-state index < -0.39 is 95.3 Å². The fourth-order valence-electron chi connectivity index (χ4n) is 2.92. The molecule has 0 aromatic heterocycles. The molecule has 1 fully saturated rings. The Kier molecular flexibility index (Phi) is 26.2. The number of carbonyl (C=O) groups excluding carboxylic acids is 5. The van der Waals surface area contributed by atoms with Gasteiger partial charge in [-0.3, -0.25) is 36.9 Å². The zero-order valence-electron chi connectivity index (χ0n) is 30.8. The second-order valence-corrected chi connectivity index (χ2v) is 13.9. The van der Waals surface area contributed by atoms with Crippen molar-refractivity contribution in [1.29, 1.82) is 0 Å². The Balaban J connectivity index is -0.000000649. The summed E-state index contributed by atoms with van der Waals surface area (Å²) in [5.41, 5.74) is -6.79. The first-order valence-corrected chi connectivity index (χ1v) is 16.5. The number of carbonyl (C=O) groups is 5. The van der Waals surface area contributed by atoms with Crippen molar-refractivity contribution in [2.75, 3.05) is 68.3 Å². The zero-order chi connectivity index (χ0) is 41.5. The molecule has 0 spiro atoms. The topological polar surface area (TPSA) is 193 Å². The van der Waals surface area contributed by atoms with Crippen LogP contribution < -0.4 is 0 Å². The van der Waals surface area contributed by atoms with E-state index in [2.05, 4.69) is 27.9 Å². The molecule has 0 aromatic carbocycles. The average molecular weight is 797 g/mol. The van der Waals surface area contributed by atoms with Crippen molar-refractivity contribution in [2.24, 2.45) is 17.8 Å². The van der Waals surface area contributed by atoms with Crippen molar-refractivity contribution in [3.8, 4) is 0 Å². The Morgan fingerprint density at radius 3 is 1.48 bits per heavy atom. The Hall–Kier alpha value is -3.24. The maximum Gasteiger partial charge on any atom is 0.523 e. The Bertz CT molecular complexity index is 1150. The lowest BCUT2D eigenvalue weighted by Crippen LogP contribution is -2.38. The van der Waals surface area contributed by atoms with Gasteiger partial charge in [-0.2, -0.15) is 21.6 Å². The van der Waals surface area contributed by atoms with Gasteiger partial charge in [-0.15, -0.1) is 0 Å². The first kappa shape index (κ1) is 53.1.